The van der Waals surface area contributed by atoms with Crippen LogP contribution in [0, 0.1) is 5.92 Å². The third kappa shape index (κ3) is 1.91. The maximum atomic E-state index is 4.40. The zero-order chi connectivity index (χ0) is 11.0. The quantitative estimate of drug-likeness (QED) is 0.940. The Morgan fingerprint density at radius 3 is 3.06 bits per heavy atom. The lowest BCUT2D eigenvalue weighted by Gasteiger charge is -2.24. The highest BCUT2D eigenvalue weighted by Gasteiger charge is 2.17. The molecule has 1 N–H and O–H groups in total. The fraction of sp³-hybridized carbons (Fsp3) is 0.455. The topological polar surface area (TPSA) is 42.2 Å². The van der Waals surface area contributed by atoms with Crippen molar-refractivity contribution in [3.63, 3.8) is 0 Å². The van der Waals surface area contributed by atoms with Gasteiger partial charge in [-0.1, -0.05) is 6.42 Å². The molecule has 3 rings (SSSR count). The normalized spacial score (nSPS) is 16.3. The lowest BCUT2D eigenvalue weighted by atomic mass is 9.85. The molecule has 0 atom stereocenters. The van der Waals surface area contributed by atoms with Crippen LogP contribution in [0.4, 0.5) is 5.95 Å². The van der Waals surface area contributed by atoms with Gasteiger partial charge in [0.1, 0.15) is 0 Å². The van der Waals surface area contributed by atoms with E-state index in [0.717, 1.165) is 28.5 Å². The summed E-state index contributed by atoms with van der Waals surface area (Å²) in [6, 6.07) is 3.92. The van der Waals surface area contributed by atoms with Crippen LogP contribution in [0.2, 0.25) is 0 Å². The molecule has 0 saturated heterocycles. The molecule has 4 nitrogen and oxygen atoms in total. The Hall–Kier alpha value is -1.10. The predicted molar refractivity (Wildman–Crippen MR) is 66.5 cm³/mol. The molecule has 0 aliphatic heterocycles. The van der Waals surface area contributed by atoms with Crippen molar-refractivity contribution in [1.82, 2.24) is 14.6 Å². The molecule has 0 bridgehead atoms. The summed E-state index contributed by atoms with van der Waals surface area (Å²) in [7, 11) is 0. The van der Waals surface area contributed by atoms with E-state index in [1.165, 1.54) is 19.3 Å². The van der Waals surface area contributed by atoms with Gasteiger partial charge in [-0.05, 0) is 46.8 Å². The van der Waals surface area contributed by atoms with Crippen molar-refractivity contribution in [2.75, 3.05) is 11.9 Å². The average Bonchev–Trinajstić information content (AvgIpc) is 2.57. The summed E-state index contributed by atoms with van der Waals surface area (Å²) in [5.74, 6) is 1.54. The van der Waals surface area contributed by atoms with Crippen LogP contribution in [-0.2, 0) is 0 Å². The maximum Gasteiger partial charge on any atom is 0.243 e. The standard InChI is InChI=1S/C11H13BrN4/c12-9-4-5-10-14-11(15-16(10)7-9)13-6-8-2-1-3-8/h4-5,7-8H,1-3,6H2,(H,13,15). The molecule has 1 fully saturated rings. The second-order valence-corrected chi connectivity index (χ2v) is 5.18. The fourth-order valence-electron chi connectivity index (χ4n) is 1.87. The molecular formula is C11H13BrN4. The number of nitrogens with one attached hydrogen (secondary N) is 1. The summed E-state index contributed by atoms with van der Waals surface area (Å²) in [4.78, 5) is 4.40. The fourth-order valence-corrected chi connectivity index (χ4v) is 2.19. The van der Waals surface area contributed by atoms with Crippen LogP contribution in [0.3, 0.4) is 0 Å². The highest BCUT2D eigenvalue weighted by atomic mass is 79.9. The molecule has 2 heterocycles. The van der Waals surface area contributed by atoms with Gasteiger partial charge in [-0.15, -0.1) is 5.10 Å². The van der Waals surface area contributed by atoms with E-state index in [2.05, 4.69) is 31.3 Å². The van der Waals surface area contributed by atoms with E-state index in [1.807, 2.05) is 18.3 Å². The zero-order valence-electron chi connectivity index (χ0n) is 8.86. The van der Waals surface area contributed by atoms with Crippen LogP contribution in [0.15, 0.2) is 22.8 Å². The number of hydrogen-bond donors (Lipinski definition) is 1. The van der Waals surface area contributed by atoms with Crippen molar-refractivity contribution in [3.05, 3.63) is 22.8 Å². The second-order valence-electron chi connectivity index (χ2n) is 4.26. The van der Waals surface area contributed by atoms with Gasteiger partial charge in [-0.2, -0.15) is 4.98 Å². The van der Waals surface area contributed by atoms with Crippen LogP contribution in [0.1, 0.15) is 19.3 Å². The maximum absolute atomic E-state index is 4.40. The summed E-state index contributed by atoms with van der Waals surface area (Å²) in [6.45, 7) is 0.998. The molecule has 1 saturated carbocycles. The van der Waals surface area contributed by atoms with E-state index >= 15 is 0 Å². The summed E-state index contributed by atoms with van der Waals surface area (Å²) in [5, 5.41) is 7.67. The third-order valence-electron chi connectivity index (χ3n) is 3.07. The van der Waals surface area contributed by atoms with Gasteiger partial charge >= 0.3 is 0 Å². The average molecular weight is 281 g/mol. The van der Waals surface area contributed by atoms with E-state index < -0.39 is 0 Å². The van der Waals surface area contributed by atoms with Gasteiger partial charge in [0.05, 0.1) is 0 Å². The van der Waals surface area contributed by atoms with Gasteiger partial charge in [0.25, 0.3) is 0 Å². The first-order chi connectivity index (χ1) is 7.81. The molecule has 0 radical (unpaired) electrons. The number of halogens is 1. The summed E-state index contributed by atoms with van der Waals surface area (Å²) < 4.78 is 2.79. The van der Waals surface area contributed by atoms with Crippen LogP contribution < -0.4 is 5.32 Å². The molecule has 0 amide bonds. The SMILES string of the molecule is Brc1ccc2nc(NCC3CCC3)nn2c1. The van der Waals surface area contributed by atoms with E-state index in [4.69, 9.17) is 0 Å². The van der Waals surface area contributed by atoms with Gasteiger partial charge in [0, 0.05) is 17.2 Å². The minimum Gasteiger partial charge on any atom is -0.353 e. The minimum atomic E-state index is 0.727. The number of hydrogen-bond acceptors (Lipinski definition) is 3. The van der Waals surface area contributed by atoms with Crippen LogP contribution >= 0.6 is 15.9 Å². The van der Waals surface area contributed by atoms with Crippen molar-refractivity contribution in [1.29, 1.82) is 0 Å². The molecule has 5 heteroatoms. The van der Waals surface area contributed by atoms with E-state index in [-0.39, 0.29) is 0 Å². The Labute approximate surface area is 102 Å². The Balaban J connectivity index is 1.76. The lowest BCUT2D eigenvalue weighted by molar-refractivity contribution is 0.333. The molecule has 84 valence electrons. The Kier molecular flexibility index (Phi) is 2.55. The van der Waals surface area contributed by atoms with Gasteiger partial charge in [0.15, 0.2) is 5.65 Å². The van der Waals surface area contributed by atoms with Gasteiger partial charge in [0.2, 0.25) is 5.95 Å². The van der Waals surface area contributed by atoms with E-state index in [1.54, 1.807) is 4.52 Å². The number of pyridine rings is 1. The minimum absolute atomic E-state index is 0.727. The van der Waals surface area contributed by atoms with Gasteiger partial charge in [-0.3, -0.25) is 0 Å². The van der Waals surface area contributed by atoms with Crippen molar-refractivity contribution in [2.45, 2.75) is 19.3 Å². The molecule has 0 aromatic carbocycles. The van der Waals surface area contributed by atoms with Gasteiger partial charge < -0.3 is 5.32 Å². The van der Waals surface area contributed by atoms with Crippen molar-refractivity contribution >= 4 is 27.5 Å². The Morgan fingerprint density at radius 2 is 2.31 bits per heavy atom. The number of anilines is 1. The molecule has 16 heavy (non-hydrogen) atoms. The second kappa shape index (κ2) is 4.05. The predicted octanol–water partition coefficient (Wildman–Crippen LogP) is 2.70. The van der Waals surface area contributed by atoms with Crippen molar-refractivity contribution in [2.24, 2.45) is 5.92 Å². The number of rotatable bonds is 3. The third-order valence-corrected chi connectivity index (χ3v) is 3.54. The monoisotopic (exact) mass is 280 g/mol. The van der Waals surface area contributed by atoms with Crippen LogP contribution in [0.25, 0.3) is 5.65 Å². The molecule has 1 aliphatic carbocycles. The largest absolute Gasteiger partial charge is 0.353 e. The Morgan fingerprint density at radius 1 is 1.44 bits per heavy atom. The van der Waals surface area contributed by atoms with Crippen LogP contribution in [-0.4, -0.2) is 21.1 Å². The van der Waals surface area contributed by atoms with Crippen molar-refractivity contribution in [3.8, 4) is 0 Å². The summed E-state index contributed by atoms with van der Waals surface area (Å²) in [6.07, 6.45) is 5.96. The molecule has 2 aromatic rings. The summed E-state index contributed by atoms with van der Waals surface area (Å²) in [5.41, 5.74) is 0.874. The van der Waals surface area contributed by atoms with Crippen LogP contribution in [0.5, 0.6) is 0 Å². The highest BCUT2D eigenvalue weighted by molar-refractivity contribution is 9.10. The molecule has 2 aromatic heterocycles. The number of fused-ring (bicyclic) bond motifs is 1. The van der Waals surface area contributed by atoms with Crippen molar-refractivity contribution < 1.29 is 0 Å². The lowest BCUT2D eigenvalue weighted by Crippen LogP contribution is -2.21. The Bertz CT molecular complexity index is 504. The summed E-state index contributed by atoms with van der Waals surface area (Å²) >= 11 is 3.42. The number of nitrogens with zero attached hydrogens (tertiary/aromatic N) is 3. The van der Waals surface area contributed by atoms with E-state index in [9.17, 15) is 0 Å². The highest BCUT2D eigenvalue weighted by Crippen LogP contribution is 2.26. The first kappa shape index (κ1) is 10.1. The molecular weight excluding hydrogens is 268 g/mol. The van der Waals surface area contributed by atoms with Gasteiger partial charge in [-0.25, -0.2) is 4.52 Å². The molecule has 1 aliphatic rings. The zero-order valence-corrected chi connectivity index (χ0v) is 10.4. The smallest absolute Gasteiger partial charge is 0.243 e. The molecule has 0 spiro atoms. The molecule has 0 unspecified atom stereocenters. The number of aromatic nitrogens is 3. The first-order valence-electron chi connectivity index (χ1n) is 5.57. The van der Waals surface area contributed by atoms with E-state index in [0.29, 0.717) is 0 Å². The first-order valence-corrected chi connectivity index (χ1v) is 6.36.